The Balaban J connectivity index is 1.88. The summed E-state index contributed by atoms with van der Waals surface area (Å²) in [6, 6.07) is 9.62. The molecule has 1 fully saturated rings. The molecule has 21 heavy (non-hydrogen) atoms. The molecule has 0 aromatic heterocycles. The van der Waals surface area contributed by atoms with Crippen molar-refractivity contribution < 1.29 is 0 Å². The van der Waals surface area contributed by atoms with E-state index in [-0.39, 0.29) is 0 Å². The van der Waals surface area contributed by atoms with Crippen LogP contribution in [0.3, 0.4) is 0 Å². The maximum Gasteiger partial charge on any atom is 0.0446 e. The molecule has 0 heterocycles. The number of hydrogen-bond donors (Lipinski definition) is 1. The molecule has 1 N–H and O–H groups in total. The van der Waals surface area contributed by atoms with E-state index in [9.17, 15) is 0 Å². The Morgan fingerprint density at radius 3 is 2.43 bits per heavy atom. The van der Waals surface area contributed by atoms with Gasteiger partial charge in [-0.15, -0.1) is 0 Å². The molecule has 0 spiro atoms. The van der Waals surface area contributed by atoms with Crippen LogP contribution in [0.2, 0.25) is 0 Å². The lowest BCUT2D eigenvalue weighted by atomic mass is 10.0. The summed E-state index contributed by atoms with van der Waals surface area (Å²) in [4.78, 5) is 2.51. The van der Waals surface area contributed by atoms with Gasteiger partial charge in [0.05, 0.1) is 0 Å². The first-order valence-electron chi connectivity index (χ1n) is 8.67. The predicted octanol–water partition coefficient (Wildman–Crippen LogP) is 4.02. The van der Waals surface area contributed by atoms with Gasteiger partial charge in [0.25, 0.3) is 0 Å². The number of nitrogens with zero attached hydrogens (tertiary/aromatic N) is 1. The second kappa shape index (κ2) is 8.55. The van der Waals surface area contributed by atoms with Gasteiger partial charge in [-0.25, -0.2) is 0 Å². The number of aryl methyl sites for hydroxylation is 1. The molecule has 1 aliphatic rings. The van der Waals surface area contributed by atoms with E-state index < -0.39 is 0 Å². The number of rotatable bonds is 8. The van der Waals surface area contributed by atoms with Gasteiger partial charge in [0.15, 0.2) is 0 Å². The van der Waals surface area contributed by atoms with Crippen LogP contribution < -0.4 is 5.32 Å². The molecular weight excluding hydrogens is 256 g/mol. The minimum atomic E-state index is 0.437. The smallest absolute Gasteiger partial charge is 0.0446 e. The number of nitrogens with one attached hydrogen (secondary N) is 1. The molecule has 0 radical (unpaired) electrons. The first kappa shape index (κ1) is 16.5. The minimum Gasteiger partial charge on any atom is -0.312 e. The highest BCUT2D eigenvalue weighted by Gasteiger charge is 2.19. The van der Waals surface area contributed by atoms with Gasteiger partial charge in [0.1, 0.15) is 0 Å². The van der Waals surface area contributed by atoms with Crippen LogP contribution in [0.4, 0.5) is 0 Å². The molecule has 1 aliphatic carbocycles. The quantitative estimate of drug-likeness (QED) is 0.777. The normalized spacial score (nSPS) is 17.5. The number of likely N-dealkylation sites (N-methyl/N-ethyl adjacent to an activating group) is 2. The third-order valence-corrected chi connectivity index (χ3v) is 4.81. The van der Waals surface area contributed by atoms with Gasteiger partial charge in [-0.2, -0.15) is 0 Å². The summed E-state index contributed by atoms with van der Waals surface area (Å²) in [5.74, 6) is 0.930. The van der Waals surface area contributed by atoms with Crippen molar-refractivity contribution >= 4 is 0 Å². The molecule has 2 rings (SSSR count). The number of benzene rings is 1. The van der Waals surface area contributed by atoms with Crippen LogP contribution in [-0.4, -0.2) is 32.1 Å². The van der Waals surface area contributed by atoms with Gasteiger partial charge in [-0.05, 0) is 50.4 Å². The molecule has 0 amide bonds. The first-order chi connectivity index (χ1) is 10.2. The molecule has 1 unspecified atom stereocenters. The van der Waals surface area contributed by atoms with Crippen molar-refractivity contribution in [3.63, 3.8) is 0 Å². The Kier molecular flexibility index (Phi) is 6.72. The van der Waals surface area contributed by atoms with Crippen molar-refractivity contribution in [1.29, 1.82) is 0 Å². The molecule has 2 nitrogen and oxygen atoms in total. The lowest BCUT2D eigenvalue weighted by Crippen LogP contribution is -2.33. The van der Waals surface area contributed by atoms with Gasteiger partial charge in [-0.1, -0.05) is 50.5 Å². The fraction of sp³-hybridized carbons (Fsp3) is 0.684. The minimum absolute atomic E-state index is 0.437. The van der Waals surface area contributed by atoms with Crippen LogP contribution in [0.5, 0.6) is 0 Å². The molecule has 0 aliphatic heterocycles. The average molecular weight is 288 g/mol. The van der Waals surface area contributed by atoms with E-state index in [0.717, 1.165) is 12.5 Å². The Bertz CT molecular complexity index is 393. The predicted molar refractivity (Wildman–Crippen MR) is 91.7 cm³/mol. The Morgan fingerprint density at radius 1 is 1.19 bits per heavy atom. The van der Waals surface area contributed by atoms with Gasteiger partial charge in [0.2, 0.25) is 0 Å². The SMILES string of the molecule is CCCc1ccc(C(CN(C)CC2CCCC2)NC)cc1. The lowest BCUT2D eigenvalue weighted by molar-refractivity contribution is 0.253. The topological polar surface area (TPSA) is 15.3 Å². The van der Waals surface area contributed by atoms with Crippen molar-refractivity contribution in [2.45, 2.75) is 51.5 Å². The third kappa shape index (κ3) is 5.12. The average Bonchev–Trinajstić information content (AvgIpc) is 2.99. The largest absolute Gasteiger partial charge is 0.312 e. The highest BCUT2D eigenvalue weighted by atomic mass is 15.1. The van der Waals surface area contributed by atoms with Crippen LogP contribution in [0.15, 0.2) is 24.3 Å². The lowest BCUT2D eigenvalue weighted by Gasteiger charge is -2.26. The Labute approximate surface area is 130 Å². The van der Waals surface area contributed by atoms with Crippen molar-refractivity contribution in [3.05, 3.63) is 35.4 Å². The van der Waals surface area contributed by atoms with Crippen molar-refractivity contribution in [3.8, 4) is 0 Å². The summed E-state index contributed by atoms with van der Waals surface area (Å²) in [6.07, 6.45) is 8.14. The third-order valence-electron chi connectivity index (χ3n) is 4.81. The van der Waals surface area contributed by atoms with E-state index in [1.54, 1.807) is 0 Å². The van der Waals surface area contributed by atoms with Crippen molar-refractivity contribution in [2.75, 3.05) is 27.2 Å². The molecule has 1 aromatic rings. The van der Waals surface area contributed by atoms with Gasteiger partial charge < -0.3 is 10.2 Å². The maximum absolute atomic E-state index is 3.48. The van der Waals surface area contributed by atoms with E-state index in [1.807, 2.05) is 0 Å². The molecule has 1 aromatic carbocycles. The molecule has 0 saturated heterocycles. The maximum atomic E-state index is 3.48. The van der Waals surface area contributed by atoms with Gasteiger partial charge >= 0.3 is 0 Å². The standard InChI is InChI=1S/C19H32N2/c1-4-7-16-10-12-18(13-11-16)19(20-2)15-21(3)14-17-8-5-6-9-17/h10-13,17,19-20H,4-9,14-15H2,1-3H3. The van der Waals surface area contributed by atoms with E-state index in [4.69, 9.17) is 0 Å². The summed E-state index contributed by atoms with van der Waals surface area (Å²) in [6.45, 7) is 4.59. The highest BCUT2D eigenvalue weighted by Crippen LogP contribution is 2.25. The summed E-state index contributed by atoms with van der Waals surface area (Å²) in [5, 5.41) is 3.48. The molecule has 1 saturated carbocycles. The summed E-state index contributed by atoms with van der Waals surface area (Å²) < 4.78 is 0. The fourth-order valence-electron chi connectivity index (χ4n) is 3.59. The molecule has 0 bridgehead atoms. The molecule has 118 valence electrons. The fourth-order valence-corrected chi connectivity index (χ4v) is 3.59. The van der Waals surface area contributed by atoms with Crippen LogP contribution >= 0.6 is 0 Å². The molecule has 1 atom stereocenters. The highest BCUT2D eigenvalue weighted by molar-refractivity contribution is 5.25. The Hall–Kier alpha value is -0.860. The monoisotopic (exact) mass is 288 g/mol. The zero-order valence-corrected chi connectivity index (χ0v) is 14.1. The van der Waals surface area contributed by atoms with Crippen LogP contribution in [-0.2, 0) is 6.42 Å². The van der Waals surface area contributed by atoms with Crippen LogP contribution in [0.25, 0.3) is 0 Å². The van der Waals surface area contributed by atoms with E-state index in [1.165, 1.54) is 56.2 Å². The van der Waals surface area contributed by atoms with Crippen molar-refractivity contribution in [2.24, 2.45) is 5.92 Å². The number of hydrogen-bond acceptors (Lipinski definition) is 2. The molecular formula is C19H32N2. The van der Waals surface area contributed by atoms with Crippen molar-refractivity contribution in [1.82, 2.24) is 10.2 Å². The zero-order chi connectivity index (χ0) is 15.1. The van der Waals surface area contributed by atoms with Crippen LogP contribution in [0.1, 0.15) is 56.2 Å². The van der Waals surface area contributed by atoms with Gasteiger partial charge in [-0.3, -0.25) is 0 Å². The van der Waals surface area contributed by atoms with Crippen LogP contribution in [0, 0.1) is 5.92 Å². The van der Waals surface area contributed by atoms with E-state index >= 15 is 0 Å². The summed E-state index contributed by atoms with van der Waals surface area (Å²) in [5.41, 5.74) is 2.87. The van der Waals surface area contributed by atoms with E-state index in [2.05, 4.69) is 55.5 Å². The zero-order valence-electron chi connectivity index (χ0n) is 14.1. The second-order valence-corrected chi connectivity index (χ2v) is 6.70. The second-order valence-electron chi connectivity index (χ2n) is 6.70. The van der Waals surface area contributed by atoms with E-state index in [0.29, 0.717) is 6.04 Å². The Morgan fingerprint density at radius 2 is 1.86 bits per heavy atom. The summed E-state index contributed by atoms with van der Waals surface area (Å²) >= 11 is 0. The molecule has 2 heteroatoms. The first-order valence-corrected chi connectivity index (χ1v) is 8.67. The van der Waals surface area contributed by atoms with Gasteiger partial charge in [0, 0.05) is 19.1 Å². The summed E-state index contributed by atoms with van der Waals surface area (Å²) in [7, 11) is 4.35.